The third kappa shape index (κ3) is 5.99. The van der Waals surface area contributed by atoms with Crippen molar-refractivity contribution in [2.24, 2.45) is 0 Å². The minimum Gasteiger partial charge on any atom is -0.491 e. The van der Waals surface area contributed by atoms with Crippen molar-refractivity contribution < 1.29 is 9.53 Å². The Morgan fingerprint density at radius 2 is 1.81 bits per heavy atom. The van der Waals surface area contributed by atoms with E-state index >= 15 is 0 Å². The van der Waals surface area contributed by atoms with Crippen LogP contribution in [0.1, 0.15) is 66.7 Å². The second-order valence-corrected chi connectivity index (χ2v) is 10.6. The molecule has 2 fully saturated rings. The van der Waals surface area contributed by atoms with Crippen LogP contribution in [0.4, 0.5) is 5.69 Å². The van der Waals surface area contributed by atoms with Crippen molar-refractivity contribution in [1.82, 2.24) is 15.5 Å². The largest absolute Gasteiger partial charge is 0.491 e. The first-order valence-corrected chi connectivity index (χ1v) is 13.3. The van der Waals surface area contributed by atoms with E-state index in [1.165, 1.54) is 19.1 Å². The number of hydrogen-bond acceptors (Lipinski definition) is 6. The molecule has 3 N–H and O–H groups in total. The Balaban J connectivity index is 1.56. The number of benzene rings is 2. The highest BCUT2D eigenvalue weighted by Gasteiger charge is 2.37. The zero-order chi connectivity index (χ0) is 26.7. The molecular weight excluding hydrogens is 462 g/mol. The summed E-state index contributed by atoms with van der Waals surface area (Å²) in [4.78, 5) is 18.4. The van der Waals surface area contributed by atoms with E-state index in [9.17, 15) is 4.79 Å². The molecule has 3 atom stereocenters. The van der Waals surface area contributed by atoms with Gasteiger partial charge in [0.15, 0.2) is 0 Å². The van der Waals surface area contributed by atoms with E-state index in [-0.39, 0.29) is 18.1 Å². The second-order valence-electron chi connectivity index (χ2n) is 10.6. The molecule has 0 aliphatic carbocycles. The monoisotopic (exact) mass is 503 g/mol. The average molecular weight is 504 g/mol. The lowest BCUT2D eigenvalue weighted by Gasteiger charge is -2.40. The summed E-state index contributed by atoms with van der Waals surface area (Å²) in [5.41, 5.74) is 5.32. The number of anilines is 1. The van der Waals surface area contributed by atoms with Gasteiger partial charge < -0.3 is 25.7 Å². The van der Waals surface area contributed by atoms with Crippen molar-refractivity contribution in [3.05, 3.63) is 64.9 Å². The molecule has 0 spiro atoms. The number of aryl methyl sites for hydroxylation is 1. The maximum atomic E-state index is 13.5. The van der Waals surface area contributed by atoms with E-state index in [1.54, 1.807) is 6.20 Å². The van der Waals surface area contributed by atoms with Crippen molar-refractivity contribution in [3.63, 3.8) is 0 Å². The van der Waals surface area contributed by atoms with Crippen molar-refractivity contribution in [2.75, 3.05) is 32.1 Å². The van der Waals surface area contributed by atoms with Gasteiger partial charge in [0.2, 0.25) is 0 Å². The Kier molecular flexibility index (Phi) is 8.22. The molecule has 7 heteroatoms. The summed E-state index contributed by atoms with van der Waals surface area (Å²) >= 11 is 0. The number of ether oxygens (including phenoxy) is 1. The normalized spacial score (nSPS) is 20.6. The van der Waals surface area contributed by atoms with Gasteiger partial charge in [-0.25, -0.2) is 0 Å². The smallest absolute Gasteiger partial charge is 0.252 e. The number of carbonyl (C=O) groups excluding carboxylic acids is 1. The van der Waals surface area contributed by atoms with Gasteiger partial charge in [-0.2, -0.15) is 0 Å². The molecule has 37 heavy (non-hydrogen) atoms. The first kappa shape index (κ1) is 26.7. The maximum absolute atomic E-state index is 13.5. The average Bonchev–Trinajstić information content (AvgIpc) is 3.06. The van der Waals surface area contributed by atoms with Gasteiger partial charge in [-0.15, -0.1) is 0 Å². The Morgan fingerprint density at radius 3 is 2.43 bits per heavy atom. The highest BCUT2D eigenvalue weighted by atomic mass is 16.5. The van der Waals surface area contributed by atoms with Crippen LogP contribution in [0.3, 0.4) is 0 Å². The van der Waals surface area contributed by atoms with Crippen LogP contribution >= 0.6 is 0 Å². The van der Waals surface area contributed by atoms with Gasteiger partial charge in [-0.1, -0.05) is 6.07 Å². The fourth-order valence-corrected chi connectivity index (χ4v) is 5.48. The fourth-order valence-electron chi connectivity index (χ4n) is 5.48. The van der Waals surface area contributed by atoms with E-state index in [2.05, 4.69) is 45.7 Å². The van der Waals surface area contributed by atoms with Crippen LogP contribution in [0, 0.1) is 12.3 Å². The van der Waals surface area contributed by atoms with Gasteiger partial charge in [0, 0.05) is 61.5 Å². The van der Waals surface area contributed by atoms with Gasteiger partial charge in [0.1, 0.15) is 5.75 Å². The van der Waals surface area contributed by atoms with Crippen molar-refractivity contribution >= 4 is 23.4 Å². The molecule has 2 aliphatic rings. The lowest BCUT2D eigenvalue weighted by molar-refractivity contribution is 0.0939. The standard InChI is InChI=1S/C30H41N5O2/c1-19(2)37-28-12-22(11-23(13-28)24(15-31)16-32-5)21(4)33-30(36)29-14-25(8-7-20(29)3)35-17-26-9-10-27(18-35)34(26)6/h7-8,11-16,19,21,26-27,31-32H,9-10,17-18H2,1-6H3,(H,33,36)/b24-16+,31-15?/t21-,26-,27+/m1/s1. The molecular formula is C30H41N5O2. The minimum atomic E-state index is -0.244. The molecule has 0 radical (unpaired) electrons. The summed E-state index contributed by atoms with van der Waals surface area (Å²) in [5.74, 6) is 0.633. The molecule has 7 nitrogen and oxygen atoms in total. The molecule has 2 aromatic rings. The van der Waals surface area contributed by atoms with E-state index < -0.39 is 0 Å². The second kappa shape index (κ2) is 11.4. The molecule has 198 valence electrons. The predicted octanol–water partition coefficient (Wildman–Crippen LogP) is 4.77. The number of amides is 1. The highest BCUT2D eigenvalue weighted by Crippen LogP contribution is 2.32. The van der Waals surface area contributed by atoms with Crippen molar-refractivity contribution in [3.8, 4) is 5.75 Å². The Hall–Kier alpha value is -3.32. The van der Waals surface area contributed by atoms with Crippen LogP contribution in [0.25, 0.3) is 5.57 Å². The number of carbonyl (C=O) groups is 1. The van der Waals surface area contributed by atoms with Crippen LogP contribution in [-0.4, -0.2) is 62.4 Å². The summed E-state index contributed by atoms with van der Waals surface area (Å²) in [6.07, 6.45) is 5.61. The molecule has 2 heterocycles. The van der Waals surface area contributed by atoms with Gasteiger partial charge in [-0.3, -0.25) is 9.69 Å². The zero-order valence-electron chi connectivity index (χ0n) is 23.0. The maximum Gasteiger partial charge on any atom is 0.252 e. The molecule has 2 saturated heterocycles. The Labute approximate surface area is 221 Å². The summed E-state index contributed by atoms with van der Waals surface area (Å²) < 4.78 is 6.00. The third-order valence-electron chi connectivity index (χ3n) is 7.62. The molecule has 0 saturated carbocycles. The molecule has 1 amide bonds. The van der Waals surface area contributed by atoms with Gasteiger partial charge >= 0.3 is 0 Å². The van der Waals surface area contributed by atoms with E-state index in [4.69, 9.17) is 10.1 Å². The summed E-state index contributed by atoms with van der Waals surface area (Å²) in [7, 11) is 4.05. The third-order valence-corrected chi connectivity index (χ3v) is 7.62. The van der Waals surface area contributed by atoms with Crippen molar-refractivity contribution in [2.45, 2.75) is 64.8 Å². The number of piperazine rings is 1. The molecule has 2 aromatic carbocycles. The predicted molar refractivity (Wildman–Crippen MR) is 152 cm³/mol. The number of fused-ring (bicyclic) bond motifs is 2. The Morgan fingerprint density at radius 1 is 1.11 bits per heavy atom. The quantitative estimate of drug-likeness (QED) is 0.430. The number of hydrogen-bond donors (Lipinski definition) is 3. The molecule has 4 rings (SSSR count). The fraction of sp³-hybridized carbons (Fsp3) is 0.467. The lowest BCUT2D eigenvalue weighted by atomic mass is 9.99. The highest BCUT2D eigenvalue weighted by molar-refractivity contribution is 6.08. The van der Waals surface area contributed by atoms with E-state index in [1.807, 2.05) is 52.9 Å². The molecule has 2 bridgehead atoms. The van der Waals surface area contributed by atoms with Crippen LogP contribution < -0.4 is 20.3 Å². The van der Waals surface area contributed by atoms with Crippen LogP contribution in [0.5, 0.6) is 5.75 Å². The summed E-state index contributed by atoms with van der Waals surface area (Å²) in [6.45, 7) is 9.97. The van der Waals surface area contributed by atoms with Gasteiger partial charge in [-0.05, 0) is 94.6 Å². The van der Waals surface area contributed by atoms with E-state index in [0.29, 0.717) is 17.6 Å². The number of rotatable bonds is 9. The minimum absolute atomic E-state index is 0.0138. The number of likely N-dealkylation sites (N-methyl/N-ethyl adjacent to an activating group) is 1. The molecule has 2 aliphatic heterocycles. The first-order chi connectivity index (χ1) is 17.7. The van der Waals surface area contributed by atoms with E-state index in [0.717, 1.165) is 46.8 Å². The number of allylic oxidation sites excluding steroid dienone is 1. The number of nitrogens with zero attached hydrogens (tertiary/aromatic N) is 2. The van der Waals surface area contributed by atoms with Crippen LogP contribution in [0.2, 0.25) is 0 Å². The number of nitrogens with one attached hydrogen (secondary N) is 3. The molecule has 0 aromatic heterocycles. The topological polar surface area (TPSA) is 80.7 Å². The lowest BCUT2D eigenvalue weighted by Crippen LogP contribution is -2.52. The van der Waals surface area contributed by atoms with Crippen LogP contribution in [-0.2, 0) is 0 Å². The first-order valence-electron chi connectivity index (χ1n) is 13.3. The van der Waals surface area contributed by atoms with Crippen LogP contribution in [0.15, 0.2) is 42.6 Å². The zero-order valence-corrected chi connectivity index (χ0v) is 23.0. The van der Waals surface area contributed by atoms with Gasteiger partial charge in [0.05, 0.1) is 12.1 Å². The summed E-state index contributed by atoms with van der Waals surface area (Å²) in [5, 5.41) is 14.0. The Bertz CT molecular complexity index is 1160. The van der Waals surface area contributed by atoms with Crippen molar-refractivity contribution in [1.29, 1.82) is 5.41 Å². The SMILES string of the molecule is CN/C=C(\C=N)c1cc(OC(C)C)cc([C@@H](C)NC(=O)c2cc(N3C[C@H]4CC[C@@H](C3)N4C)ccc2C)c1. The molecule has 0 unspecified atom stereocenters. The van der Waals surface area contributed by atoms with Gasteiger partial charge in [0.25, 0.3) is 5.91 Å². The summed E-state index contributed by atoms with van der Waals surface area (Å²) in [6, 6.07) is 13.1.